The molecule has 0 radical (unpaired) electrons. The number of anilines is 1. The number of carbonyl (C=O) groups excluding carboxylic acids is 1. The van der Waals surface area contributed by atoms with Gasteiger partial charge in [-0.3, -0.25) is 0 Å². The maximum Gasteiger partial charge on any atom is 0.410 e. The highest BCUT2D eigenvalue weighted by Gasteiger charge is 2.27. The molecule has 1 aromatic rings. The van der Waals surface area contributed by atoms with E-state index in [0.717, 1.165) is 5.69 Å². The summed E-state index contributed by atoms with van der Waals surface area (Å²) in [6, 6.07) is 9.87. The molecule has 16 heavy (non-hydrogen) atoms. The lowest BCUT2D eigenvalue weighted by molar-refractivity contribution is 0.138. The average molecular weight is 240 g/mol. The Morgan fingerprint density at radius 1 is 1.44 bits per heavy atom. The summed E-state index contributed by atoms with van der Waals surface area (Å²) in [5, 5.41) is 3.22. The molecule has 0 aliphatic carbocycles. The molecule has 1 saturated heterocycles. The second-order valence-electron chi connectivity index (χ2n) is 3.63. The van der Waals surface area contributed by atoms with Crippen molar-refractivity contribution < 1.29 is 9.53 Å². The summed E-state index contributed by atoms with van der Waals surface area (Å²) >= 11 is 0. The lowest BCUT2D eigenvalue weighted by atomic mass is 10.3. The Kier molecular flexibility index (Phi) is 4.49. The predicted molar refractivity (Wildman–Crippen MR) is 68.2 cm³/mol. The number of ether oxygens (including phenoxy) is 1. The number of benzene rings is 1. The maximum absolute atomic E-state index is 11.1. The van der Waals surface area contributed by atoms with Crippen LogP contribution in [0.4, 0.5) is 10.5 Å². The first kappa shape index (κ1) is 12.7. The Morgan fingerprint density at radius 3 is 2.69 bits per heavy atom. The molecule has 1 fully saturated rings. The quantitative estimate of drug-likeness (QED) is 0.873. The number of hydrogen-bond acceptors (Lipinski definition) is 3. The zero-order valence-electron chi connectivity index (χ0n) is 9.14. The number of hydrogen-bond donors (Lipinski definition) is 1. The molecule has 0 unspecified atom stereocenters. The fourth-order valence-corrected chi connectivity index (χ4v) is 1.54. The highest BCUT2D eigenvalue weighted by Crippen LogP contribution is 2.11. The summed E-state index contributed by atoms with van der Waals surface area (Å²) in [6.45, 7) is 1.30. The first-order valence-electron chi connectivity index (χ1n) is 4.96. The van der Waals surface area contributed by atoms with Crippen LogP contribution in [0.25, 0.3) is 0 Å². The third-order valence-electron chi connectivity index (χ3n) is 2.36. The van der Waals surface area contributed by atoms with Crippen molar-refractivity contribution in [3.63, 3.8) is 0 Å². The van der Waals surface area contributed by atoms with Crippen LogP contribution < -0.4 is 5.32 Å². The Balaban J connectivity index is 0.00000128. The van der Waals surface area contributed by atoms with Gasteiger partial charge in [0, 0.05) is 12.7 Å². The van der Waals surface area contributed by atoms with Gasteiger partial charge in [0.15, 0.2) is 0 Å². The largest absolute Gasteiger partial charge is 0.442 e. The van der Waals surface area contributed by atoms with E-state index < -0.39 is 0 Å². The van der Waals surface area contributed by atoms with Crippen molar-refractivity contribution in [2.45, 2.75) is 6.10 Å². The minimum Gasteiger partial charge on any atom is -0.442 e. The summed E-state index contributed by atoms with van der Waals surface area (Å²) < 4.78 is 5.12. The molecule has 0 bridgehead atoms. The normalized spacial score (nSPS) is 18.9. The lowest BCUT2D eigenvalue weighted by Crippen LogP contribution is -2.24. The van der Waals surface area contributed by atoms with Crippen LogP contribution in [0.3, 0.4) is 0 Å². The molecule has 0 saturated carbocycles. The van der Waals surface area contributed by atoms with Gasteiger partial charge < -0.3 is 15.0 Å². The summed E-state index contributed by atoms with van der Waals surface area (Å²) in [6.07, 6.45) is -0.294. The number of rotatable bonds is 3. The number of nitrogens with one attached hydrogen (secondary N) is 1. The van der Waals surface area contributed by atoms with Gasteiger partial charge in [0.05, 0.1) is 13.1 Å². The van der Waals surface area contributed by atoms with Crippen LogP contribution in [-0.2, 0) is 4.74 Å². The van der Waals surface area contributed by atoms with Crippen LogP contribution >= 0.6 is 13.5 Å². The third-order valence-corrected chi connectivity index (χ3v) is 2.36. The Labute approximate surface area is 102 Å². The SMILES string of the molecule is CN1C[C@H](CNc2ccccc2)OC1=O.S. The maximum atomic E-state index is 11.1. The third kappa shape index (κ3) is 3.06. The van der Waals surface area contributed by atoms with Gasteiger partial charge in [0.25, 0.3) is 0 Å². The van der Waals surface area contributed by atoms with E-state index in [0.29, 0.717) is 13.1 Å². The first-order chi connectivity index (χ1) is 7.25. The highest BCUT2D eigenvalue weighted by molar-refractivity contribution is 7.59. The smallest absolute Gasteiger partial charge is 0.410 e. The van der Waals surface area contributed by atoms with E-state index >= 15 is 0 Å². The van der Waals surface area contributed by atoms with E-state index in [2.05, 4.69) is 5.32 Å². The molecule has 1 heterocycles. The van der Waals surface area contributed by atoms with Gasteiger partial charge in [-0.05, 0) is 12.1 Å². The van der Waals surface area contributed by atoms with Crippen molar-refractivity contribution >= 4 is 25.3 Å². The summed E-state index contributed by atoms with van der Waals surface area (Å²) in [4.78, 5) is 12.7. The van der Waals surface area contributed by atoms with Gasteiger partial charge in [0.2, 0.25) is 0 Å². The van der Waals surface area contributed by atoms with Crippen molar-refractivity contribution in [1.29, 1.82) is 0 Å². The molecule has 1 aromatic carbocycles. The standard InChI is InChI=1S/C11H14N2O2.H2S/c1-13-8-10(15-11(13)14)7-12-9-5-3-2-4-6-9;/h2-6,10,12H,7-8H2,1H3;1H2/t10-;/m0./s1. The van der Waals surface area contributed by atoms with Gasteiger partial charge in [-0.15, -0.1) is 0 Å². The average Bonchev–Trinajstić information content (AvgIpc) is 2.57. The van der Waals surface area contributed by atoms with Gasteiger partial charge in [0.1, 0.15) is 6.10 Å². The van der Waals surface area contributed by atoms with E-state index in [1.165, 1.54) is 0 Å². The fraction of sp³-hybridized carbons (Fsp3) is 0.364. The Hall–Kier alpha value is -1.36. The number of amides is 1. The number of cyclic esters (lactones) is 1. The van der Waals surface area contributed by atoms with Crippen LogP contribution in [0.15, 0.2) is 30.3 Å². The number of carbonyl (C=O) groups is 1. The topological polar surface area (TPSA) is 41.6 Å². The van der Waals surface area contributed by atoms with Crippen LogP contribution in [0, 0.1) is 0 Å². The molecule has 1 aliphatic rings. The van der Waals surface area contributed by atoms with E-state index in [-0.39, 0.29) is 25.7 Å². The minimum atomic E-state index is -0.241. The zero-order valence-corrected chi connectivity index (χ0v) is 10.1. The summed E-state index contributed by atoms with van der Waals surface area (Å²) in [7, 11) is 1.74. The minimum absolute atomic E-state index is 0. The molecule has 1 N–H and O–H groups in total. The van der Waals surface area contributed by atoms with E-state index in [1.54, 1.807) is 11.9 Å². The molecule has 5 heteroatoms. The molecular weight excluding hydrogens is 224 g/mol. The van der Waals surface area contributed by atoms with Crippen molar-refractivity contribution in [3.8, 4) is 0 Å². The molecule has 4 nitrogen and oxygen atoms in total. The van der Waals surface area contributed by atoms with E-state index in [1.807, 2.05) is 30.3 Å². The van der Waals surface area contributed by atoms with Crippen molar-refractivity contribution in [1.82, 2.24) is 4.90 Å². The molecule has 0 aromatic heterocycles. The van der Waals surface area contributed by atoms with Crippen molar-refractivity contribution in [2.24, 2.45) is 0 Å². The van der Waals surface area contributed by atoms with Gasteiger partial charge in [-0.25, -0.2) is 4.79 Å². The fourth-order valence-electron chi connectivity index (χ4n) is 1.54. The lowest BCUT2D eigenvalue weighted by Gasteiger charge is -2.10. The molecule has 88 valence electrons. The predicted octanol–water partition coefficient (Wildman–Crippen LogP) is 1.66. The number of nitrogens with zero attached hydrogens (tertiary/aromatic N) is 1. The molecule has 2 rings (SSSR count). The Morgan fingerprint density at radius 2 is 2.12 bits per heavy atom. The molecule has 1 atom stereocenters. The van der Waals surface area contributed by atoms with Crippen molar-refractivity contribution in [2.75, 3.05) is 25.5 Å². The highest BCUT2D eigenvalue weighted by atomic mass is 32.1. The summed E-state index contributed by atoms with van der Waals surface area (Å²) in [5.74, 6) is 0. The summed E-state index contributed by atoms with van der Waals surface area (Å²) in [5.41, 5.74) is 1.04. The van der Waals surface area contributed by atoms with Crippen molar-refractivity contribution in [3.05, 3.63) is 30.3 Å². The van der Waals surface area contributed by atoms with E-state index in [9.17, 15) is 4.79 Å². The van der Waals surface area contributed by atoms with Crippen LogP contribution in [0.2, 0.25) is 0 Å². The second kappa shape index (κ2) is 5.65. The van der Waals surface area contributed by atoms with Crippen LogP contribution in [0.1, 0.15) is 0 Å². The van der Waals surface area contributed by atoms with E-state index in [4.69, 9.17) is 4.74 Å². The van der Waals surface area contributed by atoms with Gasteiger partial charge >= 0.3 is 6.09 Å². The second-order valence-corrected chi connectivity index (χ2v) is 3.63. The monoisotopic (exact) mass is 240 g/mol. The molecule has 1 amide bonds. The Bertz CT molecular complexity index is 345. The molecule has 0 spiro atoms. The van der Waals surface area contributed by atoms with Gasteiger partial charge in [-0.2, -0.15) is 13.5 Å². The van der Waals surface area contributed by atoms with Crippen LogP contribution in [-0.4, -0.2) is 37.2 Å². The zero-order chi connectivity index (χ0) is 10.7. The molecule has 1 aliphatic heterocycles. The molecular formula is C11H16N2O2S. The first-order valence-corrected chi connectivity index (χ1v) is 4.96. The van der Waals surface area contributed by atoms with Crippen LogP contribution in [0.5, 0.6) is 0 Å². The van der Waals surface area contributed by atoms with Gasteiger partial charge in [-0.1, -0.05) is 18.2 Å². The number of likely N-dealkylation sites (N-methyl/N-ethyl adjacent to an activating group) is 1. The number of para-hydroxylation sites is 1.